The van der Waals surface area contributed by atoms with Crippen molar-refractivity contribution in [3.63, 3.8) is 0 Å². The van der Waals surface area contributed by atoms with Crippen LogP contribution in [0.1, 0.15) is 50.8 Å². The van der Waals surface area contributed by atoms with Gasteiger partial charge in [0.25, 0.3) is 0 Å². The highest BCUT2D eigenvalue weighted by Crippen LogP contribution is 2.29. The first kappa shape index (κ1) is 12.6. The van der Waals surface area contributed by atoms with Crippen molar-refractivity contribution in [3.05, 3.63) is 17.5 Å². The first-order valence-electron chi connectivity index (χ1n) is 6.89. The lowest BCUT2D eigenvalue weighted by Gasteiger charge is -2.31. The number of aryl methyl sites for hydroxylation is 1. The molecule has 0 atom stereocenters. The summed E-state index contributed by atoms with van der Waals surface area (Å²) >= 11 is 0. The summed E-state index contributed by atoms with van der Waals surface area (Å²) in [5.74, 6) is 1.80. The van der Waals surface area contributed by atoms with Gasteiger partial charge in [-0.2, -0.15) is 5.10 Å². The topological polar surface area (TPSA) is 40.7 Å². The molecule has 2 N–H and O–H groups in total. The molecule has 0 aliphatic heterocycles. The summed E-state index contributed by atoms with van der Waals surface area (Å²) in [6.45, 7) is 7.75. The largest absolute Gasteiger partial charge is 0.310 e. The molecule has 0 aromatic carbocycles. The van der Waals surface area contributed by atoms with E-state index in [-0.39, 0.29) is 0 Å². The van der Waals surface area contributed by atoms with Crippen LogP contribution in [0.25, 0.3) is 0 Å². The molecular formula is C14H25N3. The minimum atomic E-state index is 0.708. The highest BCUT2D eigenvalue weighted by atomic mass is 15.1. The van der Waals surface area contributed by atoms with Crippen LogP contribution < -0.4 is 5.32 Å². The summed E-state index contributed by atoms with van der Waals surface area (Å²) in [6, 6.07) is 0.708. The second kappa shape index (κ2) is 5.67. The third-order valence-electron chi connectivity index (χ3n) is 4.23. The van der Waals surface area contributed by atoms with Gasteiger partial charge >= 0.3 is 0 Å². The maximum absolute atomic E-state index is 4.06. The average Bonchev–Trinajstić information content (AvgIpc) is 2.73. The predicted octanol–water partition coefficient (Wildman–Crippen LogP) is 3.02. The van der Waals surface area contributed by atoms with Crippen molar-refractivity contribution in [3.8, 4) is 0 Å². The molecule has 0 spiro atoms. The van der Waals surface area contributed by atoms with Crippen molar-refractivity contribution in [2.24, 2.45) is 11.8 Å². The minimum Gasteiger partial charge on any atom is -0.310 e. The van der Waals surface area contributed by atoms with E-state index in [0.29, 0.717) is 6.04 Å². The van der Waals surface area contributed by atoms with Crippen molar-refractivity contribution in [1.29, 1.82) is 0 Å². The Hall–Kier alpha value is -0.830. The Kier molecular flexibility index (Phi) is 4.21. The van der Waals surface area contributed by atoms with Gasteiger partial charge in [-0.15, -0.1) is 0 Å². The Bertz CT molecular complexity index is 335. The number of hydrogen-bond donors (Lipinski definition) is 2. The number of rotatable bonds is 4. The van der Waals surface area contributed by atoms with Gasteiger partial charge in [-0.3, -0.25) is 5.10 Å². The molecule has 0 unspecified atom stereocenters. The van der Waals surface area contributed by atoms with E-state index in [1.54, 1.807) is 0 Å². The normalized spacial score (nSPS) is 25.4. The standard InChI is InChI=1S/C14H25N3/c1-10(2)12-4-6-14(7-5-12)15-8-13-9-16-17-11(13)3/h9-10,12,14-15H,4-8H2,1-3H3,(H,16,17). The van der Waals surface area contributed by atoms with Crippen molar-refractivity contribution in [2.45, 2.75) is 59.0 Å². The second-order valence-corrected chi connectivity index (χ2v) is 5.76. The number of aromatic amines is 1. The Morgan fingerprint density at radius 3 is 2.59 bits per heavy atom. The molecule has 1 saturated carbocycles. The SMILES string of the molecule is Cc1[nH]ncc1CNC1CCC(C(C)C)CC1. The highest BCUT2D eigenvalue weighted by Gasteiger charge is 2.22. The summed E-state index contributed by atoms with van der Waals surface area (Å²) in [7, 11) is 0. The van der Waals surface area contributed by atoms with Crippen LogP contribution in [0.3, 0.4) is 0 Å². The fourth-order valence-corrected chi connectivity index (χ4v) is 2.80. The fraction of sp³-hybridized carbons (Fsp3) is 0.786. The van der Waals surface area contributed by atoms with Gasteiger partial charge in [0.15, 0.2) is 0 Å². The molecule has 1 fully saturated rings. The zero-order chi connectivity index (χ0) is 12.3. The molecule has 1 aliphatic carbocycles. The molecule has 96 valence electrons. The van der Waals surface area contributed by atoms with E-state index in [1.807, 2.05) is 6.20 Å². The van der Waals surface area contributed by atoms with Crippen molar-refractivity contribution in [1.82, 2.24) is 15.5 Å². The third-order valence-corrected chi connectivity index (χ3v) is 4.23. The van der Waals surface area contributed by atoms with E-state index in [9.17, 15) is 0 Å². The van der Waals surface area contributed by atoms with Crippen molar-refractivity contribution in [2.75, 3.05) is 0 Å². The molecule has 2 rings (SSSR count). The van der Waals surface area contributed by atoms with Gasteiger partial charge in [0.2, 0.25) is 0 Å². The van der Waals surface area contributed by atoms with Crippen LogP contribution in [0.5, 0.6) is 0 Å². The predicted molar refractivity (Wildman–Crippen MR) is 70.7 cm³/mol. The second-order valence-electron chi connectivity index (χ2n) is 5.76. The minimum absolute atomic E-state index is 0.708. The van der Waals surface area contributed by atoms with E-state index in [1.165, 1.54) is 36.9 Å². The van der Waals surface area contributed by atoms with Crippen LogP contribution in [0, 0.1) is 18.8 Å². The molecule has 1 heterocycles. The van der Waals surface area contributed by atoms with Crippen molar-refractivity contribution < 1.29 is 0 Å². The van der Waals surface area contributed by atoms with Gasteiger partial charge in [0.1, 0.15) is 0 Å². The Morgan fingerprint density at radius 1 is 1.35 bits per heavy atom. The van der Waals surface area contributed by atoms with Crippen LogP contribution in [0.4, 0.5) is 0 Å². The Balaban J connectivity index is 1.74. The summed E-state index contributed by atoms with van der Waals surface area (Å²) < 4.78 is 0. The van der Waals surface area contributed by atoms with Gasteiger partial charge < -0.3 is 5.32 Å². The molecule has 3 nitrogen and oxygen atoms in total. The molecule has 0 amide bonds. The quantitative estimate of drug-likeness (QED) is 0.842. The van der Waals surface area contributed by atoms with Gasteiger partial charge in [-0.1, -0.05) is 13.8 Å². The first-order chi connectivity index (χ1) is 8.16. The Labute approximate surface area is 104 Å². The highest BCUT2D eigenvalue weighted by molar-refractivity contribution is 5.13. The number of hydrogen-bond acceptors (Lipinski definition) is 2. The summed E-state index contributed by atoms with van der Waals surface area (Å²) in [4.78, 5) is 0. The van der Waals surface area contributed by atoms with E-state index in [2.05, 4.69) is 36.3 Å². The number of nitrogens with one attached hydrogen (secondary N) is 2. The summed E-state index contributed by atoms with van der Waals surface area (Å²) in [5, 5.41) is 10.7. The van der Waals surface area contributed by atoms with E-state index < -0.39 is 0 Å². The van der Waals surface area contributed by atoms with E-state index in [4.69, 9.17) is 0 Å². The maximum atomic E-state index is 4.06. The van der Waals surface area contributed by atoms with Gasteiger partial charge in [-0.25, -0.2) is 0 Å². The lowest BCUT2D eigenvalue weighted by Crippen LogP contribution is -2.33. The van der Waals surface area contributed by atoms with Crippen LogP contribution in [-0.4, -0.2) is 16.2 Å². The number of nitrogens with zero attached hydrogens (tertiary/aromatic N) is 1. The number of aromatic nitrogens is 2. The zero-order valence-corrected chi connectivity index (χ0v) is 11.3. The smallest absolute Gasteiger partial charge is 0.0535 e. The number of H-pyrrole nitrogens is 1. The molecule has 3 heteroatoms. The van der Waals surface area contributed by atoms with Gasteiger partial charge in [0, 0.05) is 23.8 Å². The van der Waals surface area contributed by atoms with Crippen LogP contribution in [0.15, 0.2) is 6.20 Å². The average molecular weight is 235 g/mol. The molecule has 17 heavy (non-hydrogen) atoms. The van der Waals surface area contributed by atoms with E-state index in [0.717, 1.165) is 18.4 Å². The molecule has 0 bridgehead atoms. The van der Waals surface area contributed by atoms with Gasteiger partial charge in [0.05, 0.1) is 6.20 Å². The summed E-state index contributed by atoms with van der Waals surface area (Å²) in [6.07, 6.45) is 7.38. The lowest BCUT2D eigenvalue weighted by molar-refractivity contribution is 0.238. The molecule has 1 aromatic rings. The van der Waals surface area contributed by atoms with Crippen LogP contribution in [-0.2, 0) is 6.54 Å². The molecule has 1 aliphatic rings. The maximum Gasteiger partial charge on any atom is 0.0535 e. The van der Waals surface area contributed by atoms with Crippen LogP contribution in [0.2, 0.25) is 0 Å². The monoisotopic (exact) mass is 235 g/mol. The lowest BCUT2D eigenvalue weighted by atomic mass is 9.80. The summed E-state index contributed by atoms with van der Waals surface area (Å²) in [5.41, 5.74) is 2.49. The van der Waals surface area contributed by atoms with E-state index >= 15 is 0 Å². The Morgan fingerprint density at radius 2 is 2.06 bits per heavy atom. The fourth-order valence-electron chi connectivity index (χ4n) is 2.80. The molecule has 1 aromatic heterocycles. The van der Waals surface area contributed by atoms with Crippen molar-refractivity contribution >= 4 is 0 Å². The molecule has 0 saturated heterocycles. The van der Waals surface area contributed by atoms with Crippen LogP contribution >= 0.6 is 0 Å². The zero-order valence-electron chi connectivity index (χ0n) is 11.3. The molecule has 0 radical (unpaired) electrons. The third kappa shape index (κ3) is 3.32. The molecular weight excluding hydrogens is 210 g/mol. The first-order valence-corrected chi connectivity index (χ1v) is 6.89. The van der Waals surface area contributed by atoms with Gasteiger partial charge in [-0.05, 0) is 44.4 Å².